The van der Waals surface area contributed by atoms with Crippen molar-refractivity contribution in [1.82, 2.24) is 19.1 Å². The summed E-state index contributed by atoms with van der Waals surface area (Å²) in [5.74, 6) is -6.31. The summed E-state index contributed by atoms with van der Waals surface area (Å²) in [6.07, 6.45) is 0. The number of hydrogen-bond donors (Lipinski definition) is 0. The number of hydrogen-bond acceptors (Lipinski definition) is 3. The van der Waals surface area contributed by atoms with Crippen LogP contribution in [0.25, 0.3) is 100 Å². The van der Waals surface area contributed by atoms with E-state index >= 15 is 0 Å². The number of nitrogens with zero attached hydrogens (tertiary/aromatic N) is 4. The maximum Gasteiger partial charge on any atom is 0.120 e. The predicted octanol–water partition coefficient (Wildman–Crippen LogP) is 19.9. The minimum Gasteiger partial charge on any atom is -0.501 e. The molecule has 1 radical (unpaired) electrons. The first-order chi connectivity index (χ1) is 45.0. The van der Waals surface area contributed by atoms with Crippen molar-refractivity contribution in [2.75, 3.05) is 0 Å². The van der Waals surface area contributed by atoms with E-state index in [1.807, 2.05) is 18.2 Å². The quantitative estimate of drug-likeness (QED) is 0.107. The number of benzene rings is 9. The average Bonchev–Trinajstić information content (AvgIpc) is 1.08. The zero-order chi connectivity index (χ0) is 70.8. The van der Waals surface area contributed by atoms with Crippen LogP contribution in [0.1, 0.15) is 132 Å². The third-order valence-corrected chi connectivity index (χ3v) is 16.9. The second-order valence-electron chi connectivity index (χ2n) is 23.5. The van der Waals surface area contributed by atoms with Gasteiger partial charge in [0.15, 0.2) is 0 Å². The van der Waals surface area contributed by atoms with E-state index in [9.17, 15) is 2.74 Å². The third-order valence-electron chi connectivity index (χ3n) is 14.8. The maximum absolute atomic E-state index is 9.18. The van der Waals surface area contributed by atoms with Gasteiger partial charge < -0.3 is 13.6 Å². The molecule has 12 rings (SSSR count). The molecule has 9 aromatic carbocycles. The van der Waals surface area contributed by atoms with Gasteiger partial charge in [0.1, 0.15) is 5.58 Å². The first-order valence-electron chi connectivity index (χ1n) is 35.3. The molecule has 0 amide bonds. The van der Waals surface area contributed by atoms with Crippen LogP contribution >= 0.6 is 0 Å². The molecule has 0 N–H and O–H groups in total. The summed E-state index contributed by atoms with van der Waals surface area (Å²) >= 11 is 0. The Labute approximate surface area is 518 Å². The molecule has 0 atom stereocenters. The Morgan fingerprint density at radius 2 is 1.12 bits per heavy atom. The largest absolute Gasteiger partial charge is 0.501 e. The van der Waals surface area contributed by atoms with Gasteiger partial charge in [-0.25, -0.2) is 0 Å². The maximum atomic E-state index is 9.18. The van der Waals surface area contributed by atoms with Crippen molar-refractivity contribution in [3.63, 3.8) is 0 Å². The van der Waals surface area contributed by atoms with Gasteiger partial charge in [-0.1, -0.05) is 232 Å². The van der Waals surface area contributed by atoms with Crippen molar-refractivity contribution in [2.24, 2.45) is 0 Å². The molecular weight excluding hydrogens is 1180 g/mol. The van der Waals surface area contributed by atoms with E-state index in [1.54, 1.807) is 42.5 Å². The van der Waals surface area contributed by atoms with Crippen LogP contribution in [-0.4, -0.2) is 27.2 Å². The Morgan fingerprint density at radius 3 is 1.72 bits per heavy atom. The van der Waals surface area contributed by atoms with Gasteiger partial charge in [-0.05, 0) is 104 Å². The first-order valence-corrected chi connectivity index (χ1v) is 30.3. The summed E-state index contributed by atoms with van der Waals surface area (Å²) in [4.78, 5) is 10.0. The van der Waals surface area contributed by atoms with E-state index in [0.29, 0.717) is 5.56 Å². The third kappa shape index (κ3) is 10.8. The summed E-state index contributed by atoms with van der Waals surface area (Å²) in [5, 5.41) is 3.66. The van der Waals surface area contributed by atoms with Crippen molar-refractivity contribution in [1.29, 1.82) is 0 Å². The number of imidazole rings is 2. The van der Waals surface area contributed by atoms with Crippen LogP contribution < -0.4 is 5.19 Å². The van der Waals surface area contributed by atoms with E-state index < -0.39 is 70.9 Å². The Balaban J connectivity index is 0.000000211. The Kier molecular flexibility index (Phi) is 10.7. The van der Waals surface area contributed by atoms with Crippen LogP contribution in [0.2, 0.25) is 19.6 Å². The molecule has 5 nitrogen and oxygen atoms in total. The van der Waals surface area contributed by atoms with Crippen LogP contribution in [0, 0.1) is 19.0 Å². The molecule has 3 aromatic heterocycles. The van der Waals surface area contributed by atoms with E-state index in [2.05, 4.69) is 162 Å². The Morgan fingerprint density at radius 1 is 0.556 bits per heavy atom. The molecule has 0 bridgehead atoms. The zero-order valence-electron chi connectivity index (χ0n) is 63.9. The molecule has 0 fully saturated rings. The molecule has 0 aliphatic carbocycles. The first kappa shape index (κ1) is 39.1. The molecule has 12 aromatic rings. The molecule has 3 heterocycles. The Bertz CT molecular complexity index is 4840. The van der Waals surface area contributed by atoms with E-state index in [1.165, 1.54) is 57.4 Å². The molecule has 7 heteroatoms. The normalized spacial score (nSPS) is 16.3. The van der Waals surface area contributed by atoms with Crippen molar-refractivity contribution in [2.45, 2.75) is 118 Å². The topological polar surface area (TPSA) is 48.8 Å². The molecule has 0 aliphatic rings. The zero-order valence-corrected chi connectivity index (χ0v) is 50.2. The van der Waals surface area contributed by atoms with Gasteiger partial charge >= 0.3 is 0 Å². The fraction of sp³-hybridized carbons (Fsp3) is 0.243. The molecule has 0 spiro atoms. The monoisotopic (exact) mass is 1270 g/mol. The van der Waals surface area contributed by atoms with Gasteiger partial charge in [0.05, 0.1) is 47.4 Å². The molecule has 411 valence electrons. The summed E-state index contributed by atoms with van der Waals surface area (Å²) in [6, 6.07) is 61.7. The van der Waals surface area contributed by atoms with Crippen molar-refractivity contribution in [3.05, 3.63) is 222 Å². The van der Waals surface area contributed by atoms with Crippen LogP contribution in [-0.2, 0) is 30.9 Å². The summed E-state index contributed by atoms with van der Waals surface area (Å²) in [6.45, 7) is 4.10. The van der Waals surface area contributed by atoms with Crippen LogP contribution in [0.15, 0.2) is 186 Å². The van der Waals surface area contributed by atoms with Crippen LogP contribution in [0.3, 0.4) is 0 Å². The SMILES string of the molecule is CC(C)(C)c1cc(-c2ccc([Si](C)(C)C)cc2)cc(C(C)(C)C)c1-n1c(-c2[c-]ccc3c2oc2ccccc23)nc2ccccc21.[2H]C([2H])([2H])c1c[c-]c(-c2nc3ccccc3n2-c2c(C([2H])(C([2H])([2H])[2H])C([2H])([2H])[2H])cccc2C([2H])(C([2H])([2H])[2H])C([2H])([2H])[2H])cc1-c1ccccc1.[Ir]. The number of aryl methyl sites for hydroxylation is 1. The van der Waals surface area contributed by atoms with E-state index in [4.69, 9.17) is 30.0 Å². The van der Waals surface area contributed by atoms with E-state index in [-0.39, 0.29) is 64.5 Å². The predicted molar refractivity (Wildman–Crippen MR) is 342 cm³/mol. The number of aromatic nitrogens is 4. The van der Waals surface area contributed by atoms with Crippen molar-refractivity contribution >= 4 is 57.3 Å². The van der Waals surface area contributed by atoms with Gasteiger partial charge in [0.25, 0.3) is 0 Å². The van der Waals surface area contributed by atoms with Gasteiger partial charge in [0.2, 0.25) is 0 Å². The smallest absolute Gasteiger partial charge is 0.120 e. The van der Waals surface area contributed by atoms with Gasteiger partial charge in [0, 0.05) is 60.2 Å². The van der Waals surface area contributed by atoms with Crippen molar-refractivity contribution in [3.8, 4) is 56.4 Å². The fourth-order valence-electron chi connectivity index (χ4n) is 10.7. The number of fused-ring (bicyclic) bond motifs is 5. The van der Waals surface area contributed by atoms with Crippen LogP contribution in [0.4, 0.5) is 0 Å². The van der Waals surface area contributed by atoms with Gasteiger partial charge in [-0.2, -0.15) is 0 Å². The molecule has 0 unspecified atom stereocenters. The number of furan rings is 1. The molecule has 0 saturated carbocycles. The van der Waals surface area contributed by atoms with Gasteiger partial charge in [-0.3, -0.25) is 9.97 Å². The standard InChI is InChI=1S/C42H43N2OSi.C32H31N2.Ir/c1-41(2,3)33-25-28(27-21-23-29(24-22-27)46(7,8)9)26-34(42(4,5)6)38(33)44-36-19-12-11-18-35(36)43-40(44)32-17-14-16-31-30-15-10-13-20-37(30)45-39(31)32;1-21(2)26-14-11-15-27(22(3)4)31(26)34-30-17-10-9-16-29(30)33-32(34)25-19-18-23(5)28(20-25)24-12-7-6-8-13-24;/h10-16,18-26H,1-9H3;6-18,20-22H,1-5H3;/q2*-1;/i;1D3,2D3,3D3,4D3,5D3,21D,22D;. The minimum atomic E-state index is -3.61. The number of para-hydroxylation sites is 6. The van der Waals surface area contributed by atoms with Crippen molar-refractivity contribution < 1.29 is 47.8 Å². The molecule has 0 aliphatic heterocycles. The molecule has 0 saturated heterocycles. The minimum absolute atomic E-state index is 0. The fourth-order valence-corrected chi connectivity index (χ4v) is 11.9. The van der Waals surface area contributed by atoms with E-state index in [0.717, 1.165) is 67.1 Å². The summed E-state index contributed by atoms with van der Waals surface area (Å²) < 4.78 is 152. The summed E-state index contributed by atoms with van der Waals surface area (Å²) in [7, 11) is -1.40. The average molecular weight is 1270 g/mol. The second kappa shape index (κ2) is 22.2. The second-order valence-corrected chi connectivity index (χ2v) is 28.5. The number of rotatable bonds is 9. The summed E-state index contributed by atoms with van der Waals surface area (Å²) in [5.41, 5.74) is 9.25. The molecular formula is C74H74IrN4OSi-2. The van der Waals surface area contributed by atoms with Crippen LogP contribution in [0.5, 0.6) is 0 Å². The van der Waals surface area contributed by atoms with Gasteiger partial charge in [-0.15, -0.1) is 47.5 Å². The molecule has 81 heavy (non-hydrogen) atoms. The Hall–Kier alpha value is -7.41.